The van der Waals surface area contributed by atoms with E-state index in [9.17, 15) is 4.79 Å². The molecule has 3 aromatic rings. The highest BCUT2D eigenvalue weighted by Crippen LogP contribution is 2.16. The Morgan fingerprint density at radius 3 is 2.74 bits per heavy atom. The Kier molecular flexibility index (Phi) is 5.82. The second-order valence-electron chi connectivity index (χ2n) is 6.59. The van der Waals surface area contributed by atoms with Gasteiger partial charge in [-0.15, -0.1) is 0 Å². The summed E-state index contributed by atoms with van der Waals surface area (Å²) in [6.07, 6.45) is 2.31. The standard InChI is InChI=1S/C21H23N5O/c1-4-12-25(13-8-11-17-9-6-5-7-10-17)20(27)18-14-19(16(2)3)26-21(24-18)22-15-23-26/h5-7,9-10,14-16H,4,12-13H2,1-3H3. The average Bonchev–Trinajstić information content (AvgIpc) is 3.15. The quantitative estimate of drug-likeness (QED) is 0.655. The van der Waals surface area contributed by atoms with Gasteiger partial charge in [-0.3, -0.25) is 4.79 Å². The minimum Gasteiger partial charge on any atom is -0.326 e. The molecule has 0 atom stereocenters. The molecule has 3 rings (SSSR count). The molecule has 2 aromatic heterocycles. The number of carbonyl (C=O) groups is 1. The molecule has 0 saturated heterocycles. The maximum atomic E-state index is 13.1. The lowest BCUT2D eigenvalue weighted by Gasteiger charge is -2.19. The first kappa shape index (κ1) is 18.6. The molecule has 0 saturated carbocycles. The van der Waals surface area contributed by atoms with Crippen LogP contribution in [0.2, 0.25) is 0 Å². The van der Waals surface area contributed by atoms with E-state index in [4.69, 9.17) is 0 Å². The van der Waals surface area contributed by atoms with Crippen molar-refractivity contribution < 1.29 is 4.79 Å². The van der Waals surface area contributed by atoms with Crippen molar-refractivity contribution in [3.05, 3.63) is 59.7 Å². The van der Waals surface area contributed by atoms with Crippen LogP contribution >= 0.6 is 0 Å². The highest BCUT2D eigenvalue weighted by Gasteiger charge is 2.19. The van der Waals surface area contributed by atoms with Crippen LogP contribution in [0.15, 0.2) is 42.7 Å². The lowest BCUT2D eigenvalue weighted by atomic mass is 10.1. The summed E-state index contributed by atoms with van der Waals surface area (Å²) in [6, 6.07) is 11.6. The van der Waals surface area contributed by atoms with Gasteiger partial charge in [-0.1, -0.05) is 50.8 Å². The minimum atomic E-state index is -0.133. The summed E-state index contributed by atoms with van der Waals surface area (Å²) in [6.45, 7) is 7.14. The normalized spacial score (nSPS) is 10.7. The van der Waals surface area contributed by atoms with Gasteiger partial charge < -0.3 is 4.90 Å². The van der Waals surface area contributed by atoms with E-state index in [1.165, 1.54) is 6.33 Å². The van der Waals surface area contributed by atoms with Crippen LogP contribution in [-0.4, -0.2) is 43.5 Å². The van der Waals surface area contributed by atoms with E-state index in [0.717, 1.165) is 17.7 Å². The van der Waals surface area contributed by atoms with Gasteiger partial charge in [-0.05, 0) is 30.5 Å². The molecule has 0 N–H and O–H groups in total. The lowest BCUT2D eigenvalue weighted by molar-refractivity contribution is 0.0771. The van der Waals surface area contributed by atoms with E-state index >= 15 is 0 Å². The van der Waals surface area contributed by atoms with Crippen molar-refractivity contribution in [1.29, 1.82) is 0 Å². The Bertz CT molecular complexity index is 982. The van der Waals surface area contributed by atoms with Crippen LogP contribution in [0.3, 0.4) is 0 Å². The third-order valence-corrected chi connectivity index (χ3v) is 4.15. The minimum absolute atomic E-state index is 0.133. The molecule has 0 radical (unpaired) electrons. The summed E-state index contributed by atoms with van der Waals surface area (Å²) in [5.74, 6) is 6.71. The first-order valence-electron chi connectivity index (χ1n) is 9.14. The average molecular weight is 361 g/mol. The fourth-order valence-corrected chi connectivity index (χ4v) is 2.80. The van der Waals surface area contributed by atoms with E-state index in [1.54, 1.807) is 9.42 Å². The van der Waals surface area contributed by atoms with E-state index in [0.29, 0.717) is 24.6 Å². The number of aromatic nitrogens is 4. The molecule has 0 spiro atoms. The second-order valence-corrected chi connectivity index (χ2v) is 6.59. The Morgan fingerprint density at radius 2 is 2.04 bits per heavy atom. The lowest BCUT2D eigenvalue weighted by Crippen LogP contribution is -2.33. The predicted molar refractivity (Wildman–Crippen MR) is 104 cm³/mol. The zero-order valence-electron chi connectivity index (χ0n) is 15.9. The zero-order valence-corrected chi connectivity index (χ0v) is 15.9. The van der Waals surface area contributed by atoms with Crippen molar-refractivity contribution in [1.82, 2.24) is 24.5 Å². The number of hydrogen-bond donors (Lipinski definition) is 0. The molecule has 0 bridgehead atoms. The fourth-order valence-electron chi connectivity index (χ4n) is 2.80. The molecule has 1 aromatic carbocycles. The fraction of sp³-hybridized carbons (Fsp3) is 0.333. The van der Waals surface area contributed by atoms with Crippen molar-refractivity contribution in [3.8, 4) is 11.8 Å². The number of fused-ring (bicyclic) bond motifs is 1. The maximum Gasteiger partial charge on any atom is 0.273 e. The molecule has 0 unspecified atom stereocenters. The number of rotatable bonds is 5. The molecule has 138 valence electrons. The number of benzene rings is 1. The third kappa shape index (κ3) is 4.32. The van der Waals surface area contributed by atoms with Crippen molar-refractivity contribution >= 4 is 11.7 Å². The van der Waals surface area contributed by atoms with Crippen LogP contribution in [0, 0.1) is 11.8 Å². The van der Waals surface area contributed by atoms with E-state index in [2.05, 4.69) is 40.8 Å². The first-order chi connectivity index (χ1) is 13.1. The third-order valence-electron chi connectivity index (χ3n) is 4.15. The Hall–Kier alpha value is -3.20. The highest BCUT2D eigenvalue weighted by atomic mass is 16.2. The molecule has 27 heavy (non-hydrogen) atoms. The van der Waals surface area contributed by atoms with Crippen LogP contribution < -0.4 is 0 Å². The molecule has 6 nitrogen and oxygen atoms in total. The number of carbonyl (C=O) groups excluding carboxylic acids is 1. The van der Waals surface area contributed by atoms with Crippen molar-refractivity contribution in [2.45, 2.75) is 33.1 Å². The number of amides is 1. The maximum absolute atomic E-state index is 13.1. The van der Waals surface area contributed by atoms with Crippen molar-refractivity contribution in [3.63, 3.8) is 0 Å². The Balaban J connectivity index is 1.86. The molecule has 0 fully saturated rings. The Labute approximate surface area is 159 Å². The first-order valence-corrected chi connectivity index (χ1v) is 9.14. The molecular formula is C21H23N5O. The van der Waals surface area contributed by atoms with Gasteiger partial charge in [-0.25, -0.2) is 9.50 Å². The molecule has 0 aliphatic carbocycles. The monoisotopic (exact) mass is 361 g/mol. The SMILES string of the molecule is CCCN(CC#Cc1ccccc1)C(=O)c1cc(C(C)C)n2ncnc2n1. The van der Waals surface area contributed by atoms with Crippen LogP contribution in [0.25, 0.3) is 5.78 Å². The summed E-state index contributed by atoms with van der Waals surface area (Å²) in [5, 5.41) is 4.20. The van der Waals surface area contributed by atoms with E-state index < -0.39 is 0 Å². The molecule has 0 aliphatic rings. The summed E-state index contributed by atoms with van der Waals surface area (Å²) in [5.41, 5.74) is 2.23. The molecular weight excluding hydrogens is 338 g/mol. The van der Waals surface area contributed by atoms with Crippen LogP contribution in [0.4, 0.5) is 0 Å². The predicted octanol–water partition coefficient (Wildman–Crippen LogP) is 3.15. The Morgan fingerprint density at radius 1 is 1.26 bits per heavy atom. The van der Waals surface area contributed by atoms with E-state index in [1.807, 2.05) is 43.3 Å². The second kappa shape index (κ2) is 8.45. The smallest absolute Gasteiger partial charge is 0.273 e. The van der Waals surface area contributed by atoms with Gasteiger partial charge in [0.25, 0.3) is 11.7 Å². The van der Waals surface area contributed by atoms with Gasteiger partial charge in [0.1, 0.15) is 12.0 Å². The zero-order chi connectivity index (χ0) is 19.2. The van der Waals surface area contributed by atoms with Crippen molar-refractivity contribution in [2.75, 3.05) is 13.1 Å². The summed E-state index contributed by atoms with van der Waals surface area (Å²) in [4.78, 5) is 23.3. The molecule has 6 heteroatoms. The summed E-state index contributed by atoms with van der Waals surface area (Å²) in [7, 11) is 0. The van der Waals surface area contributed by atoms with Crippen LogP contribution in [0.1, 0.15) is 54.9 Å². The van der Waals surface area contributed by atoms with Crippen LogP contribution in [0.5, 0.6) is 0 Å². The van der Waals surface area contributed by atoms with Gasteiger partial charge in [-0.2, -0.15) is 10.1 Å². The van der Waals surface area contributed by atoms with Gasteiger partial charge >= 0.3 is 0 Å². The van der Waals surface area contributed by atoms with Crippen LogP contribution in [-0.2, 0) is 0 Å². The van der Waals surface area contributed by atoms with Gasteiger partial charge in [0, 0.05) is 12.1 Å². The summed E-state index contributed by atoms with van der Waals surface area (Å²) < 4.78 is 1.68. The molecule has 2 heterocycles. The van der Waals surface area contributed by atoms with Crippen molar-refractivity contribution in [2.24, 2.45) is 0 Å². The highest BCUT2D eigenvalue weighted by molar-refractivity contribution is 5.93. The van der Waals surface area contributed by atoms with Gasteiger partial charge in [0.2, 0.25) is 0 Å². The molecule has 0 aliphatic heterocycles. The van der Waals surface area contributed by atoms with E-state index in [-0.39, 0.29) is 11.8 Å². The largest absolute Gasteiger partial charge is 0.326 e. The molecule has 1 amide bonds. The summed E-state index contributed by atoms with van der Waals surface area (Å²) >= 11 is 0. The topological polar surface area (TPSA) is 63.4 Å². The van der Waals surface area contributed by atoms with Gasteiger partial charge in [0.15, 0.2) is 0 Å². The number of nitrogens with zero attached hydrogens (tertiary/aromatic N) is 5. The number of hydrogen-bond acceptors (Lipinski definition) is 4. The van der Waals surface area contributed by atoms with Gasteiger partial charge in [0.05, 0.1) is 12.2 Å².